The largest absolute Gasteiger partial charge is 0.508 e. The number of ether oxygens (including phenoxy) is 2. The second-order valence-electron chi connectivity index (χ2n) is 3.80. The fraction of sp³-hybridized carbons (Fsp3) is 0.357. The third-order valence-corrected chi connectivity index (χ3v) is 2.30. The number of aromatic hydroxyl groups is 1. The second kappa shape index (κ2) is 8.31. The molecule has 1 aromatic carbocycles. The van der Waals surface area contributed by atoms with Crippen LogP contribution in [0.15, 0.2) is 36.9 Å². The number of esters is 1. The van der Waals surface area contributed by atoms with Crippen LogP contribution in [0.2, 0.25) is 0 Å². The summed E-state index contributed by atoms with van der Waals surface area (Å²) in [7, 11) is 0. The van der Waals surface area contributed by atoms with Crippen molar-refractivity contribution in [2.24, 2.45) is 0 Å². The zero-order valence-electron chi connectivity index (χ0n) is 10.3. The van der Waals surface area contributed by atoms with E-state index in [0.717, 1.165) is 24.5 Å². The molecule has 0 aromatic heterocycles. The Morgan fingerprint density at radius 2 is 1.89 bits per heavy atom. The van der Waals surface area contributed by atoms with Crippen LogP contribution in [-0.4, -0.2) is 24.3 Å². The highest BCUT2D eigenvalue weighted by atomic mass is 16.5. The maximum atomic E-state index is 10.7. The predicted molar refractivity (Wildman–Crippen MR) is 68.2 cm³/mol. The highest BCUT2D eigenvalue weighted by Crippen LogP contribution is 2.10. The number of benzene rings is 1. The molecular formula is C14H18O4. The van der Waals surface area contributed by atoms with Crippen molar-refractivity contribution in [3.63, 3.8) is 0 Å². The number of phenols is 1. The Labute approximate surface area is 107 Å². The lowest BCUT2D eigenvalue weighted by molar-refractivity contribution is -0.137. The molecule has 0 radical (unpaired) electrons. The third kappa shape index (κ3) is 6.06. The SMILES string of the molecule is C=CC(=O)OCCCCOCc1ccc(O)cc1. The summed E-state index contributed by atoms with van der Waals surface area (Å²) in [6.07, 6.45) is 2.76. The van der Waals surface area contributed by atoms with Crippen LogP contribution in [0, 0.1) is 0 Å². The molecule has 0 aliphatic heterocycles. The second-order valence-corrected chi connectivity index (χ2v) is 3.80. The molecule has 0 heterocycles. The summed E-state index contributed by atoms with van der Waals surface area (Å²) in [5, 5.41) is 9.10. The van der Waals surface area contributed by atoms with Crippen LogP contribution in [0.5, 0.6) is 5.75 Å². The molecule has 0 saturated heterocycles. The van der Waals surface area contributed by atoms with E-state index in [9.17, 15) is 4.79 Å². The number of phenolic OH excluding ortho intramolecular Hbond substituents is 1. The van der Waals surface area contributed by atoms with Gasteiger partial charge in [0.2, 0.25) is 0 Å². The van der Waals surface area contributed by atoms with E-state index in [4.69, 9.17) is 14.6 Å². The van der Waals surface area contributed by atoms with Crippen molar-refractivity contribution < 1.29 is 19.4 Å². The van der Waals surface area contributed by atoms with E-state index in [-0.39, 0.29) is 11.7 Å². The molecule has 0 fully saturated rings. The first kappa shape index (κ1) is 14.3. The first-order valence-corrected chi connectivity index (χ1v) is 5.87. The van der Waals surface area contributed by atoms with E-state index in [1.165, 1.54) is 0 Å². The summed E-state index contributed by atoms with van der Waals surface area (Å²) >= 11 is 0. The van der Waals surface area contributed by atoms with Gasteiger partial charge in [0, 0.05) is 12.7 Å². The molecule has 0 bridgehead atoms. The van der Waals surface area contributed by atoms with Crippen molar-refractivity contribution in [3.8, 4) is 5.75 Å². The Hall–Kier alpha value is -1.81. The normalized spacial score (nSPS) is 10.0. The lowest BCUT2D eigenvalue weighted by atomic mass is 10.2. The van der Waals surface area contributed by atoms with Crippen LogP contribution >= 0.6 is 0 Å². The van der Waals surface area contributed by atoms with Crippen molar-refractivity contribution >= 4 is 5.97 Å². The van der Waals surface area contributed by atoms with E-state index in [0.29, 0.717) is 19.8 Å². The standard InChI is InChI=1S/C14H18O4/c1-2-14(16)18-10-4-3-9-17-11-12-5-7-13(15)8-6-12/h2,5-8,15H,1,3-4,9-11H2. The van der Waals surface area contributed by atoms with Gasteiger partial charge in [0.25, 0.3) is 0 Å². The van der Waals surface area contributed by atoms with Gasteiger partial charge in [-0.2, -0.15) is 0 Å². The number of carbonyl (C=O) groups is 1. The van der Waals surface area contributed by atoms with Crippen LogP contribution in [0.1, 0.15) is 18.4 Å². The van der Waals surface area contributed by atoms with Gasteiger partial charge in [0.1, 0.15) is 5.75 Å². The fourth-order valence-electron chi connectivity index (χ4n) is 1.32. The fourth-order valence-corrected chi connectivity index (χ4v) is 1.32. The monoisotopic (exact) mass is 250 g/mol. The summed E-state index contributed by atoms with van der Waals surface area (Å²) in [5.41, 5.74) is 1.02. The van der Waals surface area contributed by atoms with E-state index < -0.39 is 0 Å². The average molecular weight is 250 g/mol. The van der Waals surface area contributed by atoms with Crippen LogP contribution in [-0.2, 0) is 20.9 Å². The lowest BCUT2D eigenvalue weighted by Gasteiger charge is -2.05. The van der Waals surface area contributed by atoms with Crippen LogP contribution < -0.4 is 0 Å². The van der Waals surface area contributed by atoms with E-state index in [1.807, 2.05) is 12.1 Å². The van der Waals surface area contributed by atoms with Gasteiger partial charge >= 0.3 is 5.97 Å². The molecule has 0 unspecified atom stereocenters. The highest BCUT2D eigenvalue weighted by molar-refractivity contribution is 5.81. The number of hydrogen-bond acceptors (Lipinski definition) is 4. The van der Waals surface area contributed by atoms with Gasteiger partial charge < -0.3 is 14.6 Å². The summed E-state index contributed by atoms with van der Waals surface area (Å²) in [6, 6.07) is 6.91. The molecule has 0 aliphatic carbocycles. The van der Waals surface area contributed by atoms with Gasteiger partial charge in [-0.25, -0.2) is 4.79 Å². The number of carbonyl (C=O) groups excluding carboxylic acids is 1. The van der Waals surface area contributed by atoms with Crippen molar-refractivity contribution in [1.82, 2.24) is 0 Å². The molecular weight excluding hydrogens is 232 g/mol. The minimum absolute atomic E-state index is 0.253. The van der Waals surface area contributed by atoms with Gasteiger partial charge in [-0.05, 0) is 30.5 Å². The molecule has 0 saturated carbocycles. The summed E-state index contributed by atoms with van der Waals surface area (Å²) in [5.74, 6) is -0.136. The van der Waals surface area contributed by atoms with Gasteiger partial charge in [0.15, 0.2) is 0 Å². The Kier molecular flexibility index (Phi) is 6.58. The molecule has 4 heteroatoms. The number of rotatable bonds is 8. The van der Waals surface area contributed by atoms with E-state index in [2.05, 4.69) is 6.58 Å². The Bertz CT molecular complexity index is 370. The Morgan fingerprint density at radius 1 is 1.22 bits per heavy atom. The molecule has 0 aliphatic rings. The van der Waals surface area contributed by atoms with Crippen molar-refractivity contribution in [1.29, 1.82) is 0 Å². The minimum Gasteiger partial charge on any atom is -0.508 e. The van der Waals surface area contributed by atoms with Gasteiger partial charge in [-0.1, -0.05) is 18.7 Å². The van der Waals surface area contributed by atoms with E-state index in [1.54, 1.807) is 12.1 Å². The topological polar surface area (TPSA) is 55.8 Å². The molecule has 4 nitrogen and oxygen atoms in total. The van der Waals surface area contributed by atoms with Gasteiger partial charge in [0.05, 0.1) is 13.2 Å². The van der Waals surface area contributed by atoms with Crippen LogP contribution in [0.25, 0.3) is 0 Å². The molecule has 1 aromatic rings. The summed E-state index contributed by atoms with van der Waals surface area (Å²) in [6.45, 7) is 4.85. The van der Waals surface area contributed by atoms with Gasteiger partial charge in [-0.15, -0.1) is 0 Å². The Morgan fingerprint density at radius 3 is 2.56 bits per heavy atom. The number of unbranched alkanes of at least 4 members (excludes halogenated alkanes) is 1. The number of hydrogen-bond donors (Lipinski definition) is 1. The Balaban J connectivity index is 2.00. The predicted octanol–water partition coefficient (Wildman–Crippen LogP) is 2.42. The van der Waals surface area contributed by atoms with Crippen LogP contribution in [0.3, 0.4) is 0 Å². The highest BCUT2D eigenvalue weighted by Gasteiger charge is 1.96. The molecule has 0 amide bonds. The smallest absolute Gasteiger partial charge is 0.330 e. The minimum atomic E-state index is -0.389. The van der Waals surface area contributed by atoms with E-state index >= 15 is 0 Å². The van der Waals surface area contributed by atoms with Crippen molar-refractivity contribution in [3.05, 3.63) is 42.5 Å². The third-order valence-electron chi connectivity index (χ3n) is 2.30. The zero-order chi connectivity index (χ0) is 13.2. The van der Waals surface area contributed by atoms with Crippen molar-refractivity contribution in [2.75, 3.05) is 13.2 Å². The quantitative estimate of drug-likeness (QED) is 0.437. The van der Waals surface area contributed by atoms with Crippen LogP contribution in [0.4, 0.5) is 0 Å². The zero-order valence-corrected chi connectivity index (χ0v) is 10.3. The molecule has 1 N–H and O–H groups in total. The first-order valence-electron chi connectivity index (χ1n) is 5.87. The summed E-state index contributed by atoms with van der Waals surface area (Å²) in [4.78, 5) is 10.7. The molecule has 18 heavy (non-hydrogen) atoms. The maximum absolute atomic E-state index is 10.7. The maximum Gasteiger partial charge on any atom is 0.330 e. The van der Waals surface area contributed by atoms with Crippen molar-refractivity contribution in [2.45, 2.75) is 19.4 Å². The molecule has 1 rings (SSSR count). The van der Waals surface area contributed by atoms with Gasteiger partial charge in [-0.3, -0.25) is 0 Å². The average Bonchev–Trinajstić information content (AvgIpc) is 2.39. The first-order chi connectivity index (χ1) is 8.72. The summed E-state index contributed by atoms with van der Waals surface area (Å²) < 4.78 is 10.3. The molecule has 0 spiro atoms. The lowest BCUT2D eigenvalue weighted by Crippen LogP contribution is -2.03. The molecule has 0 atom stereocenters. The molecule has 98 valence electrons.